The van der Waals surface area contributed by atoms with E-state index in [4.69, 9.17) is 14.2 Å². The third kappa shape index (κ3) is 4.93. The van der Waals surface area contributed by atoms with Crippen LogP contribution in [0.1, 0.15) is 37.7 Å². The molecule has 2 heterocycles. The van der Waals surface area contributed by atoms with Gasteiger partial charge in [0.25, 0.3) is 0 Å². The maximum Gasteiger partial charge on any atom is 0.231 e. The van der Waals surface area contributed by atoms with Gasteiger partial charge in [-0.25, -0.2) is 0 Å². The molecule has 0 radical (unpaired) electrons. The molecule has 166 valence electrons. The van der Waals surface area contributed by atoms with E-state index in [2.05, 4.69) is 21.9 Å². The fourth-order valence-corrected chi connectivity index (χ4v) is 5.96. The van der Waals surface area contributed by atoms with Gasteiger partial charge in [0, 0.05) is 45.9 Å². The summed E-state index contributed by atoms with van der Waals surface area (Å²) in [6.45, 7) is 7.28. The summed E-state index contributed by atoms with van der Waals surface area (Å²) in [6, 6.07) is 6.21. The Bertz CT molecular complexity index is 706. The average Bonchev–Trinajstić information content (AvgIpc) is 3.49. The van der Waals surface area contributed by atoms with E-state index in [1.54, 1.807) is 0 Å². The smallest absolute Gasteiger partial charge is 0.231 e. The number of nitrogens with zero attached hydrogens (tertiary/aromatic N) is 2. The van der Waals surface area contributed by atoms with Crippen molar-refractivity contribution < 1.29 is 19.3 Å². The first-order valence-corrected chi connectivity index (χ1v) is 11.8. The van der Waals surface area contributed by atoms with Crippen molar-refractivity contribution in [3.63, 3.8) is 0 Å². The summed E-state index contributed by atoms with van der Waals surface area (Å²) in [5.74, 6) is 4.57. The Morgan fingerprint density at radius 3 is 2.67 bits per heavy atom. The molecule has 0 unspecified atom stereocenters. The SMILES string of the molecule is O[C@H](COCC[C@H]1C[C@H]2CC[C@H]1C2)CN1CCN(Cc2ccc3c(c2)OCO3)CC1. The van der Waals surface area contributed by atoms with Crippen LogP contribution in [0.3, 0.4) is 0 Å². The van der Waals surface area contributed by atoms with E-state index < -0.39 is 0 Å². The van der Waals surface area contributed by atoms with Gasteiger partial charge in [0.15, 0.2) is 11.5 Å². The van der Waals surface area contributed by atoms with E-state index in [9.17, 15) is 5.11 Å². The molecule has 4 atom stereocenters. The number of hydrogen-bond donors (Lipinski definition) is 1. The molecule has 2 saturated carbocycles. The average molecular weight is 417 g/mol. The number of fused-ring (bicyclic) bond motifs is 3. The molecule has 1 N–H and O–H groups in total. The maximum atomic E-state index is 10.4. The lowest BCUT2D eigenvalue weighted by molar-refractivity contribution is 0.00187. The van der Waals surface area contributed by atoms with E-state index in [0.29, 0.717) is 19.9 Å². The van der Waals surface area contributed by atoms with Crippen molar-refractivity contribution in [1.29, 1.82) is 0 Å². The van der Waals surface area contributed by atoms with Gasteiger partial charge in [0.1, 0.15) is 0 Å². The monoisotopic (exact) mass is 416 g/mol. The maximum absolute atomic E-state index is 10.4. The fourth-order valence-electron chi connectivity index (χ4n) is 5.96. The first-order chi connectivity index (χ1) is 14.7. The van der Waals surface area contributed by atoms with E-state index in [1.165, 1.54) is 37.7 Å². The first kappa shape index (κ1) is 20.6. The van der Waals surface area contributed by atoms with Crippen molar-refractivity contribution in [3.8, 4) is 11.5 Å². The summed E-state index contributed by atoms with van der Waals surface area (Å²) in [7, 11) is 0. The van der Waals surface area contributed by atoms with Gasteiger partial charge in [-0.3, -0.25) is 9.80 Å². The Morgan fingerprint density at radius 2 is 1.87 bits per heavy atom. The van der Waals surface area contributed by atoms with Crippen LogP contribution in [0.25, 0.3) is 0 Å². The first-order valence-electron chi connectivity index (χ1n) is 11.8. The minimum Gasteiger partial charge on any atom is -0.454 e. The molecule has 2 aliphatic carbocycles. The van der Waals surface area contributed by atoms with Gasteiger partial charge in [-0.05, 0) is 61.1 Å². The Labute approximate surface area is 180 Å². The summed E-state index contributed by atoms with van der Waals surface area (Å²) >= 11 is 0. The molecule has 4 aliphatic rings. The Morgan fingerprint density at radius 1 is 1.03 bits per heavy atom. The predicted octanol–water partition coefficient (Wildman–Crippen LogP) is 2.74. The lowest BCUT2D eigenvalue weighted by Gasteiger charge is -2.35. The summed E-state index contributed by atoms with van der Waals surface area (Å²) < 4.78 is 16.7. The highest BCUT2D eigenvalue weighted by Crippen LogP contribution is 2.49. The van der Waals surface area contributed by atoms with Crippen LogP contribution in [-0.2, 0) is 11.3 Å². The van der Waals surface area contributed by atoms with Crippen molar-refractivity contribution in [2.24, 2.45) is 17.8 Å². The van der Waals surface area contributed by atoms with Crippen LogP contribution in [0.15, 0.2) is 18.2 Å². The molecule has 1 aromatic rings. The molecule has 0 aromatic heterocycles. The lowest BCUT2D eigenvalue weighted by Crippen LogP contribution is -2.48. The van der Waals surface area contributed by atoms with Crippen molar-refractivity contribution in [3.05, 3.63) is 23.8 Å². The van der Waals surface area contributed by atoms with Crippen LogP contribution in [0, 0.1) is 17.8 Å². The zero-order chi connectivity index (χ0) is 20.3. The summed E-state index contributed by atoms with van der Waals surface area (Å²) in [5.41, 5.74) is 1.26. The van der Waals surface area contributed by atoms with Crippen molar-refractivity contribution >= 4 is 0 Å². The molecule has 0 amide bonds. The molecule has 6 heteroatoms. The molecule has 1 saturated heterocycles. The van der Waals surface area contributed by atoms with E-state index >= 15 is 0 Å². The second-order valence-electron chi connectivity index (χ2n) is 9.72. The number of piperazine rings is 1. The Kier molecular flexibility index (Phi) is 6.46. The molecule has 5 rings (SSSR count). The number of aliphatic hydroxyl groups is 1. The van der Waals surface area contributed by atoms with Crippen molar-refractivity contribution in [1.82, 2.24) is 9.80 Å². The number of benzene rings is 1. The largest absolute Gasteiger partial charge is 0.454 e. The van der Waals surface area contributed by atoms with E-state index in [0.717, 1.165) is 68.6 Å². The molecule has 30 heavy (non-hydrogen) atoms. The quantitative estimate of drug-likeness (QED) is 0.625. The molecule has 2 aliphatic heterocycles. The topological polar surface area (TPSA) is 54.4 Å². The van der Waals surface area contributed by atoms with E-state index in [1.807, 2.05) is 6.07 Å². The van der Waals surface area contributed by atoms with Crippen LogP contribution in [-0.4, -0.2) is 73.7 Å². The zero-order valence-corrected chi connectivity index (χ0v) is 18.0. The van der Waals surface area contributed by atoms with Crippen LogP contribution in [0.2, 0.25) is 0 Å². The molecule has 6 nitrogen and oxygen atoms in total. The summed E-state index contributed by atoms with van der Waals surface area (Å²) in [5, 5.41) is 10.4. The molecule has 0 spiro atoms. The predicted molar refractivity (Wildman–Crippen MR) is 115 cm³/mol. The standard InChI is InChI=1S/C24H36N2O4/c27-22(16-28-10-5-21-12-18-1-3-20(21)11-18)15-26-8-6-25(7-9-26)14-19-2-4-23-24(13-19)30-17-29-23/h2,4,13,18,20-22,27H,1,3,5-12,14-17H2/t18-,20-,21-,22-/m0/s1. The Hall–Kier alpha value is -1.34. The van der Waals surface area contributed by atoms with E-state index in [-0.39, 0.29) is 6.10 Å². The third-order valence-corrected chi connectivity index (χ3v) is 7.60. The Balaban J connectivity index is 0.960. The number of ether oxygens (including phenoxy) is 3. The minimum atomic E-state index is -0.384. The molecule has 1 aromatic carbocycles. The van der Waals surface area contributed by atoms with Gasteiger partial charge >= 0.3 is 0 Å². The van der Waals surface area contributed by atoms with Gasteiger partial charge < -0.3 is 19.3 Å². The highest BCUT2D eigenvalue weighted by Gasteiger charge is 2.38. The van der Waals surface area contributed by atoms with Gasteiger partial charge in [0.2, 0.25) is 6.79 Å². The highest BCUT2D eigenvalue weighted by molar-refractivity contribution is 5.44. The van der Waals surface area contributed by atoms with Crippen LogP contribution >= 0.6 is 0 Å². The van der Waals surface area contributed by atoms with Gasteiger partial charge in [0.05, 0.1) is 12.7 Å². The summed E-state index contributed by atoms with van der Waals surface area (Å²) in [6.07, 6.45) is 6.60. The lowest BCUT2D eigenvalue weighted by atomic mass is 9.87. The van der Waals surface area contributed by atoms with Gasteiger partial charge in [-0.2, -0.15) is 0 Å². The zero-order valence-electron chi connectivity index (χ0n) is 18.0. The molecular formula is C24H36N2O4. The molecular weight excluding hydrogens is 380 g/mol. The van der Waals surface area contributed by atoms with Crippen molar-refractivity contribution in [2.45, 2.75) is 44.8 Å². The number of rotatable bonds is 9. The number of β-amino-alcohol motifs (C(OH)–C–C–N with tert-alkyl or cyclic N) is 1. The minimum absolute atomic E-state index is 0.324. The fraction of sp³-hybridized carbons (Fsp3) is 0.750. The second-order valence-corrected chi connectivity index (χ2v) is 9.72. The molecule has 2 bridgehead atoms. The van der Waals surface area contributed by atoms with Crippen LogP contribution in [0.4, 0.5) is 0 Å². The number of hydrogen-bond acceptors (Lipinski definition) is 6. The van der Waals surface area contributed by atoms with Gasteiger partial charge in [-0.15, -0.1) is 0 Å². The highest BCUT2D eigenvalue weighted by atomic mass is 16.7. The summed E-state index contributed by atoms with van der Waals surface area (Å²) in [4.78, 5) is 4.83. The van der Waals surface area contributed by atoms with Crippen LogP contribution in [0.5, 0.6) is 11.5 Å². The second kappa shape index (κ2) is 9.43. The molecule has 3 fully saturated rings. The normalized spacial score (nSPS) is 29.6. The van der Waals surface area contributed by atoms with Gasteiger partial charge in [-0.1, -0.05) is 12.5 Å². The number of aliphatic hydroxyl groups excluding tert-OH is 1. The van der Waals surface area contributed by atoms with Crippen molar-refractivity contribution in [2.75, 3.05) is 52.7 Å². The van der Waals surface area contributed by atoms with Crippen LogP contribution < -0.4 is 9.47 Å². The third-order valence-electron chi connectivity index (χ3n) is 7.60.